The molecule has 11 heteroatoms. The van der Waals surface area contributed by atoms with Gasteiger partial charge in [-0.15, -0.1) is 0 Å². The van der Waals surface area contributed by atoms with E-state index in [2.05, 4.69) is 19.2 Å². The van der Waals surface area contributed by atoms with Gasteiger partial charge in [-0.25, -0.2) is 0 Å². The molecule has 1 rings (SSSR count). The van der Waals surface area contributed by atoms with Crippen molar-refractivity contribution in [2.75, 3.05) is 13.2 Å². The molecule has 1 heterocycles. The maximum absolute atomic E-state index is 13.2. The van der Waals surface area contributed by atoms with E-state index >= 15 is 0 Å². The Labute approximate surface area is 424 Å². The Hall–Kier alpha value is -0.890. The topological polar surface area (TPSA) is 189 Å². The average molecular weight is 987 g/mol. The lowest BCUT2D eigenvalue weighted by molar-refractivity contribution is -0.303. The number of ether oxygens (including phenoxy) is 2. The molecule has 69 heavy (non-hydrogen) atoms. The van der Waals surface area contributed by atoms with Crippen molar-refractivity contribution in [3.8, 4) is 0 Å². The lowest BCUT2D eigenvalue weighted by Gasteiger charge is -2.40. The number of carbonyl (C=O) groups is 1. The van der Waals surface area contributed by atoms with Crippen molar-refractivity contribution in [1.82, 2.24) is 5.32 Å². The Morgan fingerprint density at radius 3 is 1.07 bits per heavy atom. The minimum absolute atomic E-state index is 0.267. The zero-order chi connectivity index (χ0) is 50.4. The zero-order valence-corrected chi connectivity index (χ0v) is 45.1. The molecule has 1 saturated heterocycles. The Balaban J connectivity index is 2.18. The van der Waals surface area contributed by atoms with Crippen molar-refractivity contribution in [3.63, 3.8) is 0 Å². The fraction of sp³-hybridized carbons (Fsp3) is 0.983. The van der Waals surface area contributed by atoms with E-state index in [1.807, 2.05) is 0 Å². The van der Waals surface area contributed by atoms with Crippen molar-refractivity contribution < 1.29 is 50.0 Å². The van der Waals surface area contributed by atoms with Crippen LogP contribution in [0, 0.1) is 0 Å². The zero-order valence-electron chi connectivity index (χ0n) is 45.1. The molecule has 0 spiro atoms. The van der Waals surface area contributed by atoms with Gasteiger partial charge in [0.2, 0.25) is 5.91 Å². The predicted octanol–water partition coefficient (Wildman–Crippen LogP) is 12.6. The summed E-state index contributed by atoms with van der Waals surface area (Å²) in [5, 5.41) is 76.0. The molecule has 9 atom stereocenters. The van der Waals surface area contributed by atoms with Gasteiger partial charge in [0.15, 0.2) is 6.29 Å². The highest BCUT2D eigenvalue weighted by molar-refractivity contribution is 5.80. The van der Waals surface area contributed by atoms with Crippen LogP contribution in [0.2, 0.25) is 0 Å². The van der Waals surface area contributed by atoms with Crippen LogP contribution in [0.25, 0.3) is 0 Å². The van der Waals surface area contributed by atoms with Crippen LogP contribution in [0.3, 0.4) is 0 Å². The number of unbranched alkanes of at least 4 members (excludes halogenated alkanes) is 40. The Morgan fingerprint density at radius 2 is 0.754 bits per heavy atom. The number of aliphatic hydroxyl groups is 7. The van der Waals surface area contributed by atoms with Gasteiger partial charge in [0.1, 0.15) is 36.6 Å². The van der Waals surface area contributed by atoms with Gasteiger partial charge < -0.3 is 50.5 Å². The van der Waals surface area contributed by atoms with Crippen LogP contribution in [-0.2, 0) is 14.3 Å². The normalized spacial score (nSPS) is 20.3. The highest BCUT2D eigenvalue weighted by Crippen LogP contribution is 2.24. The minimum atomic E-state index is -1.66. The highest BCUT2D eigenvalue weighted by Gasteiger charge is 2.44. The molecular weight excluding hydrogens is 871 g/mol. The molecule has 0 saturated carbocycles. The van der Waals surface area contributed by atoms with Gasteiger partial charge in [-0.2, -0.15) is 0 Å². The Kier molecular flexibility index (Phi) is 46.1. The highest BCUT2D eigenvalue weighted by atomic mass is 16.7. The van der Waals surface area contributed by atoms with E-state index in [1.165, 1.54) is 218 Å². The van der Waals surface area contributed by atoms with E-state index in [4.69, 9.17) is 9.47 Å². The first-order valence-electron chi connectivity index (χ1n) is 29.9. The monoisotopic (exact) mass is 986 g/mol. The second-order valence-electron chi connectivity index (χ2n) is 21.4. The van der Waals surface area contributed by atoms with E-state index in [9.17, 15) is 40.5 Å². The quantitative estimate of drug-likeness (QED) is 0.0272. The largest absolute Gasteiger partial charge is 0.394 e. The lowest BCUT2D eigenvalue weighted by Crippen LogP contribution is -2.60. The minimum Gasteiger partial charge on any atom is -0.394 e. The summed E-state index contributed by atoms with van der Waals surface area (Å²) in [4.78, 5) is 13.2. The molecule has 1 aliphatic heterocycles. The summed E-state index contributed by atoms with van der Waals surface area (Å²) in [6, 6.07) is -1.16. The molecule has 8 N–H and O–H groups in total. The first-order valence-corrected chi connectivity index (χ1v) is 29.9. The molecule has 1 amide bonds. The summed E-state index contributed by atoms with van der Waals surface area (Å²) in [5.41, 5.74) is 0. The number of aliphatic hydroxyl groups excluding tert-OH is 7. The molecule has 1 fully saturated rings. The molecule has 9 unspecified atom stereocenters. The van der Waals surface area contributed by atoms with E-state index in [-0.39, 0.29) is 6.42 Å². The van der Waals surface area contributed by atoms with Gasteiger partial charge in [0.25, 0.3) is 0 Å². The van der Waals surface area contributed by atoms with Gasteiger partial charge in [-0.3, -0.25) is 4.79 Å². The predicted molar refractivity (Wildman–Crippen MR) is 284 cm³/mol. The maximum atomic E-state index is 13.2. The van der Waals surface area contributed by atoms with Crippen molar-refractivity contribution in [3.05, 3.63) is 0 Å². The molecule has 11 nitrogen and oxygen atoms in total. The number of carbonyl (C=O) groups excluding carboxylic acids is 1. The van der Waals surface area contributed by atoms with Crippen molar-refractivity contribution >= 4 is 5.91 Å². The van der Waals surface area contributed by atoms with Crippen LogP contribution in [0.15, 0.2) is 0 Å². The van der Waals surface area contributed by atoms with E-state index in [0.717, 1.165) is 38.5 Å². The summed E-state index contributed by atoms with van der Waals surface area (Å²) in [6.07, 6.45) is 43.3. The van der Waals surface area contributed by atoms with E-state index in [1.54, 1.807) is 0 Å². The fourth-order valence-electron chi connectivity index (χ4n) is 10.0. The van der Waals surface area contributed by atoms with Crippen LogP contribution < -0.4 is 5.32 Å². The molecule has 0 radical (unpaired) electrons. The molecule has 0 aromatic carbocycles. The summed E-state index contributed by atoms with van der Waals surface area (Å²) in [7, 11) is 0. The second kappa shape index (κ2) is 48.1. The Morgan fingerprint density at radius 1 is 0.449 bits per heavy atom. The van der Waals surface area contributed by atoms with Crippen molar-refractivity contribution in [2.24, 2.45) is 0 Å². The molecule has 1 aliphatic rings. The molecule has 0 aliphatic carbocycles. The van der Waals surface area contributed by atoms with Crippen LogP contribution >= 0.6 is 0 Å². The summed E-state index contributed by atoms with van der Waals surface area (Å²) in [6.45, 7) is 3.48. The molecule has 412 valence electrons. The standard InChI is InChI=1S/C58H115NO10/c1-3-5-7-9-11-13-15-17-18-19-20-21-22-23-24-25-26-27-28-29-30-31-32-33-34-36-38-40-42-44-46-51(62)57(67)59-49(48-68-58-56(66)55(65)54(64)52(47-60)69-58)53(63)50(61)45-43-41-39-37-35-16-14-12-10-8-6-4-2/h49-56,58,60-66H,3-48H2,1-2H3,(H,59,67). The summed E-state index contributed by atoms with van der Waals surface area (Å²) >= 11 is 0. The second-order valence-corrected chi connectivity index (χ2v) is 21.4. The first-order chi connectivity index (χ1) is 33.7. The molecule has 0 aromatic rings. The third-order valence-corrected chi connectivity index (χ3v) is 14.9. The first kappa shape index (κ1) is 66.1. The number of amides is 1. The Bertz CT molecular complexity index is 1090. The third-order valence-electron chi connectivity index (χ3n) is 14.9. The fourth-order valence-corrected chi connectivity index (χ4v) is 10.0. The smallest absolute Gasteiger partial charge is 0.249 e. The van der Waals surface area contributed by atoms with E-state index in [0.29, 0.717) is 19.3 Å². The van der Waals surface area contributed by atoms with Gasteiger partial charge >= 0.3 is 0 Å². The summed E-state index contributed by atoms with van der Waals surface area (Å²) < 4.78 is 11.1. The number of rotatable bonds is 52. The van der Waals surface area contributed by atoms with E-state index < -0.39 is 74.2 Å². The van der Waals surface area contributed by atoms with Gasteiger partial charge in [-0.1, -0.05) is 284 Å². The van der Waals surface area contributed by atoms with Gasteiger partial charge in [0.05, 0.1) is 25.4 Å². The SMILES string of the molecule is CCCCCCCCCCCCCCCCCCCCCCCCCCCCCCCCC(O)C(=O)NC(COC1OC(CO)C(O)C(O)C1O)C(O)C(O)CCCCCCCCCCCCCC. The lowest BCUT2D eigenvalue weighted by atomic mass is 9.98. The number of hydrogen-bond donors (Lipinski definition) is 8. The van der Waals surface area contributed by atoms with Crippen molar-refractivity contribution in [2.45, 2.75) is 351 Å². The van der Waals surface area contributed by atoms with Crippen molar-refractivity contribution in [1.29, 1.82) is 0 Å². The third kappa shape index (κ3) is 36.6. The number of hydrogen-bond acceptors (Lipinski definition) is 10. The average Bonchev–Trinajstić information content (AvgIpc) is 3.35. The molecule has 0 aromatic heterocycles. The van der Waals surface area contributed by atoms with Crippen LogP contribution in [0.5, 0.6) is 0 Å². The summed E-state index contributed by atoms with van der Waals surface area (Å²) in [5.74, 6) is -0.690. The molecular formula is C58H115NO10. The van der Waals surface area contributed by atoms with Crippen LogP contribution in [0.1, 0.15) is 296 Å². The maximum Gasteiger partial charge on any atom is 0.249 e. The van der Waals surface area contributed by atoms with Crippen LogP contribution in [0.4, 0.5) is 0 Å². The van der Waals surface area contributed by atoms with Gasteiger partial charge in [-0.05, 0) is 12.8 Å². The van der Waals surface area contributed by atoms with Gasteiger partial charge in [0, 0.05) is 0 Å². The number of nitrogens with one attached hydrogen (secondary N) is 1. The molecule has 0 bridgehead atoms. The van der Waals surface area contributed by atoms with Crippen LogP contribution in [-0.4, -0.2) is 110 Å².